The van der Waals surface area contributed by atoms with E-state index < -0.39 is 0 Å². The Balaban J connectivity index is 2.34. The zero-order valence-corrected chi connectivity index (χ0v) is 9.64. The second kappa shape index (κ2) is 3.23. The number of nitrogens with zero attached hydrogens (tertiary/aromatic N) is 1. The zero-order chi connectivity index (χ0) is 12.1. The lowest BCUT2D eigenvalue weighted by atomic mass is 9.98. The molecular weight excluding hydrogens is 222 g/mol. The monoisotopic (exact) mass is 233 g/mol. The first-order valence-corrected chi connectivity index (χ1v) is 5.87. The number of rotatable bonds is 0. The van der Waals surface area contributed by atoms with Crippen molar-refractivity contribution in [2.45, 2.75) is 0 Å². The molecule has 4 rings (SSSR count). The van der Waals surface area contributed by atoms with E-state index in [1.54, 1.807) is 6.34 Å². The van der Waals surface area contributed by atoms with Gasteiger partial charge < -0.3 is 11.1 Å². The van der Waals surface area contributed by atoms with E-state index in [1.807, 2.05) is 18.2 Å². The van der Waals surface area contributed by atoms with E-state index in [1.165, 1.54) is 0 Å². The Morgan fingerprint density at radius 3 is 2.83 bits per heavy atom. The molecule has 0 saturated heterocycles. The van der Waals surface area contributed by atoms with E-state index in [0.717, 1.165) is 38.6 Å². The Hall–Kier alpha value is -2.55. The summed E-state index contributed by atoms with van der Waals surface area (Å²) in [6, 6.07) is 14.3. The third kappa shape index (κ3) is 1.10. The van der Waals surface area contributed by atoms with Gasteiger partial charge in [-0.05, 0) is 23.6 Å². The smallest absolute Gasteiger partial charge is 0.0931 e. The van der Waals surface area contributed by atoms with E-state index in [0.29, 0.717) is 0 Å². The molecule has 86 valence electrons. The van der Waals surface area contributed by atoms with E-state index >= 15 is 0 Å². The van der Waals surface area contributed by atoms with Crippen LogP contribution in [0.2, 0.25) is 0 Å². The summed E-state index contributed by atoms with van der Waals surface area (Å²) in [6.45, 7) is 0. The van der Waals surface area contributed by atoms with E-state index in [-0.39, 0.29) is 0 Å². The highest BCUT2D eigenvalue weighted by Crippen LogP contribution is 2.41. The molecule has 0 fully saturated rings. The van der Waals surface area contributed by atoms with Gasteiger partial charge in [-0.25, -0.2) is 4.99 Å². The lowest BCUT2D eigenvalue weighted by molar-refractivity contribution is 1.55. The first-order chi connectivity index (χ1) is 8.84. The SMILES string of the molecule is Nc1cccc2c3c4c(cccc4cc12)NC=N3. The van der Waals surface area contributed by atoms with Gasteiger partial charge in [0.15, 0.2) is 0 Å². The molecule has 18 heavy (non-hydrogen) atoms. The minimum absolute atomic E-state index is 0.796. The van der Waals surface area contributed by atoms with Crippen molar-refractivity contribution in [2.24, 2.45) is 4.99 Å². The maximum Gasteiger partial charge on any atom is 0.0931 e. The third-order valence-corrected chi connectivity index (χ3v) is 3.44. The van der Waals surface area contributed by atoms with Crippen molar-refractivity contribution in [1.82, 2.24) is 0 Å². The molecule has 0 aromatic heterocycles. The number of hydrogen-bond donors (Lipinski definition) is 2. The number of hydrogen-bond acceptors (Lipinski definition) is 3. The average molecular weight is 233 g/mol. The van der Waals surface area contributed by atoms with Gasteiger partial charge in [0, 0.05) is 27.5 Å². The van der Waals surface area contributed by atoms with Crippen LogP contribution in [0.5, 0.6) is 0 Å². The number of fused-ring (bicyclic) bond motifs is 2. The highest BCUT2D eigenvalue weighted by atomic mass is 15.0. The van der Waals surface area contributed by atoms with Crippen LogP contribution >= 0.6 is 0 Å². The highest BCUT2D eigenvalue weighted by molar-refractivity contribution is 6.19. The maximum absolute atomic E-state index is 6.06. The van der Waals surface area contributed by atoms with Crippen molar-refractivity contribution in [3.05, 3.63) is 42.5 Å². The number of aliphatic imine (C=N–C) groups is 1. The average Bonchev–Trinajstić information content (AvgIpc) is 2.41. The van der Waals surface area contributed by atoms with E-state index in [4.69, 9.17) is 5.73 Å². The molecule has 3 N–H and O–H groups in total. The van der Waals surface area contributed by atoms with Crippen molar-refractivity contribution in [3.8, 4) is 0 Å². The number of benzene rings is 3. The largest absolute Gasteiger partial charge is 0.398 e. The normalized spacial score (nSPS) is 12.9. The fourth-order valence-corrected chi connectivity index (χ4v) is 2.62. The molecule has 0 bridgehead atoms. The highest BCUT2D eigenvalue weighted by Gasteiger charge is 2.13. The van der Waals surface area contributed by atoms with Crippen LogP contribution in [-0.2, 0) is 0 Å². The summed E-state index contributed by atoms with van der Waals surface area (Å²) in [4.78, 5) is 4.49. The Labute approximate surface area is 104 Å². The second-order valence-corrected chi connectivity index (χ2v) is 4.47. The Morgan fingerprint density at radius 1 is 1.00 bits per heavy atom. The van der Waals surface area contributed by atoms with Gasteiger partial charge in [-0.1, -0.05) is 24.3 Å². The number of anilines is 2. The Morgan fingerprint density at radius 2 is 1.89 bits per heavy atom. The van der Waals surface area contributed by atoms with Crippen molar-refractivity contribution in [1.29, 1.82) is 0 Å². The summed E-state index contributed by atoms with van der Waals surface area (Å²) in [7, 11) is 0. The molecule has 0 unspecified atom stereocenters. The minimum atomic E-state index is 0.796. The van der Waals surface area contributed by atoms with Crippen LogP contribution in [0.25, 0.3) is 21.5 Å². The summed E-state index contributed by atoms with van der Waals surface area (Å²) >= 11 is 0. The fourth-order valence-electron chi connectivity index (χ4n) is 2.62. The summed E-state index contributed by atoms with van der Waals surface area (Å²) in [5.74, 6) is 0. The summed E-state index contributed by atoms with van der Waals surface area (Å²) in [6.07, 6.45) is 1.74. The summed E-state index contributed by atoms with van der Waals surface area (Å²) in [5.41, 5.74) is 8.96. The molecule has 0 radical (unpaired) electrons. The number of nitrogens with one attached hydrogen (secondary N) is 1. The molecule has 0 atom stereocenters. The van der Waals surface area contributed by atoms with Gasteiger partial charge in [-0.3, -0.25) is 0 Å². The fraction of sp³-hybridized carbons (Fsp3) is 0. The van der Waals surface area contributed by atoms with E-state index in [9.17, 15) is 0 Å². The molecule has 1 heterocycles. The van der Waals surface area contributed by atoms with Gasteiger partial charge in [0.05, 0.1) is 12.0 Å². The Kier molecular flexibility index (Phi) is 1.70. The molecule has 0 saturated carbocycles. The maximum atomic E-state index is 6.06. The van der Waals surface area contributed by atoms with Crippen LogP contribution in [0.1, 0.15) is 0 Å². The predicted octanol–water partition coefficient (Wildman–Crippen LogP) is 3.66. The lowest BCUT2D eigenvalue weighted by Gasteiger charge is -2.16. The molecule has 1 aliphatic heterocycles. The molecular formula is C15H11N3. The molecule has 0 amide bonds. The van der Waals surface area contributed by atoms with Crippen LogP contribution in [-0.4, -0.2) is 6.34 Å². The van der Waals surface area contributed by atoms with Gasteiger partial charge in [-0.15, -0.1) is 0 Å². The van der Waals surface area contributed by atoms with Crippen molar-refractivity contribution < 1.29 is 0 Å². The number of nitrogen functional groups attached to an aromatic ring is 1. The topological polar surface area (TPSA) is 50.4 Å². The van der Waals surface area contributed by atoms with Crippen molar-refractivity contribution in [2.75, 3.05) is 11.1 Å². The van der Waals surface area contributed by atoms with Gasteiger partial charge in [0.1, 0.15) is 0 Å². The molecule has 3 nitrogen and oxygen atoms in total. The Bertz CT molecular complexity index is 819. The molecule has 1 aliphatic rings. The van der Waals surface area contributed by atoms with Crippen LogP contribution in [0, 0.1) is 0 Å². The van der Waals surface area contributed by atoms with Gasteiger partial charge in [0.2, 0.25) is 0 Å². The molecule has 3 aromatic carbocycles. The summed E-state index contributed by atoms with van der Waals surface area (Å²) in [5, 5.41) is 7.68. The lowest BCUT2D eigenvalue weighted by Crippen LogP contribution is -2.00. The van der Waals surface area contributed by atoms with Crippen molar-refractivity contribution >= 4 is 44.9 Å². The minimum Gasteiger partial charge on any atom is -0.398 e. The second-order valence-electron chi connectivity index (χ2n) is 4.47. The van der Waals surface area contributed by atoms with Gasteiger partial charge in [-0.2, -0.15) is 0 Å². The molecule has 0 spiro atoms. The van der Waals surface area contributed by atoms with E-state index in [2.05, 4.69) is 34.6 Å². The van der Waals surface area contributed by atoms with Crippen LogP contribution in [0.3, 0.4) is 0 Å². The van der Waals surface area contributed by atoms with Crippen LogP contribution in [0.15, 0.2) is 47.5 Å². The quantitative estimate of drug-likeness (QED) is 0.460. The van der Waals surface area contributed by atoms with Crippen molar-refractivity contribution in [3.63, 3.8) is 0 Å². The standard InChI is InChI=1S/C15H11N3/c16-12-5-2-4-10-11(12)7-9-3-1-6-13-14(9)15(10)18-8-17-13/h1-8H,16H2,(H,17,18). The molecule has 0 aliphatic carbocycles. The zero-order valence-electron chi connectivity index (χ0n) is 9.64. The summed E-state index contributed by atoms with van der Waals surface area (Å²) < 4.78 is 0. The molecule has 3 aromatic rings. The third-order valence-electron chi connectivity index (χ3n) is 3.44. The van der Waals surface area contributed by atoms with Crippen LogP contribution < -0.4 is 11.1 Å². The molecule has 3 heteroatoms. The van der Waals surface area contributed by atoms with Gasteiger partial charge in [0.25, 0.3) is 0 Å². The van der Waals surface area contributed by atoms with Gasteiger partial charge >= 0.3 is 0 Å². The first kappa shape index (κ1) is 9.48. The number of nitrogens with two attached hydrogens (primary N) is 1. The predicted molar refractivity (Wildman–Crippen MR) is 77.6 cm³/mol. The van der Waals surface area contributed by atoms with Crippen LogP contribution in [0.4, 0.5) is 17.1 Å². The first-order valence-electron chi connectivity index (χ1n) is 5.87.